The van der Waals surface area contributed by atoms with Gasteiger partial charge >= 0.3 is 12.1 Å². The highest BCUT2D eigenvalue weighted by Gasteiger charge is 2.29. The first-order valence-corrected chi connectivity index (χ1v) is 11.9. The molecule has 3 aromatic heterocycles. The summed E-state index contributed by atoms with van der Waals surface area (Å²) in [5.41, 5.74) is 2.16. The second-order valence-corrected chi connectivity index (χ2v) is 9.00. The molecule has 9 nitrogen and oxygen atoms in total. The highest BCUT2D eigenvalue weighted by Crippen LogP contribution is 2.34. The van der Waals surface area contributed by atoms with Crippen LogP contribution in [0.25, 0.3) is 28.2 Å². The van der Waals surface area contributed by atoms with Gasteiger partial charge in [-0.05, 0) is 48.9 Å². The van der Waals surface area contributed by atoms with E-state index in [0.29, 0.717) is 24.5 Å². The minimum atomic E-state index is -1.15. The van der Waals surface area contributed by atoms with Crippen molar-refractivity contribution in [3.05, 3.63) is 77.2 Å². The maximum Gasteiger partial charge on any atom is 0.409 e. The van der Waals surface area contributed by atoms with Gasteiger partial charge in [-0.2, -0.15) is 0 Å². The SMILES string of the molecule is COC(=O)N1CCO[C@@H](Cc2c(-c3c(F)cc(-c4ccc(C(=O)O)cn4)cc3F)nc3cc(C)ccn23)C1. The quantitative estimate of drug-likeness (QED) is 0.415. The number of fused-ring (bicyclic) bond motifs is 1. The van der Waals surface area contributed by atoms with Gasteiger partial charge in [0.25, 0.3) is 0 Å². The zero-order valence-electron chi connectivity index (χ0n) is 20.6. The number of hydrogen-bond acceptors (Lipinski definition) is 6. The molecule has 4 aromatic rings. The number of carboxylic acid groups (broad SMARTS) is 1. The van der Waals surface area contributed by atoms with Crippen LogP contribution in [0.5, 0.6) is 0 Å². The lowest BCUT2D eigenvalue weighted by Crippen LogP contribution is -2.46. The number of carbonyl (C=O) groups is 2. The van der Waals surface area contributed by atoms with Crippen molar-refractivity contribution in [2.24, 2.45) is 0 Å². The predicted octanol–water partition coefficient (Wildman–Crippen LogP) is 4.36. The summed E-state index contributed by atoms with van der Waals surface area (Å²) in [4.78, 5) is 33.3. The standard InChI is InChI=1S/C27H24F2N4O5/c1-15-5-6-33-22(12-18-14-32(7-8-38-18)27(36)37-2)25(31-23(33)9-15)24-19(28)10-17(11-20(24)29)21-4-3-16(13-30-21)26(34)35/h3-6,9-11,13,18H,7-8,12,14H2,1-2H3,(H,34,35)/t18-/m0/s1. The van der Waals surface area contributed by atoms with Gasteiger partial charge in [0.1, 0.15) is 17.3 Å². The molecule has 1 aliphatic heterocycles. The number of carboxylic acids is 1. The fraction of sp³-hybridized carbons (Fsp3) is 0.259. The Bertz CT molecular complexity index is 1510. The Labute approximate surface area is 216 Å². The Hall–Kier alpha value is -4.38. The molecule has 1 fully saturated rings. The molecule has 0 spiro atoms. The van der Waals surface area contributed by atoms with Gasteiger partial charge in [0, 0.05) is 30.9 Å². The monoisotopic (exact) mass is 522 g/mol. The first-order valence-electron chi connectivity index (χ1n) is 11.9. The Kier molecular flexibility index (Phi) is 6.77. The minimum Gasteiger partial charge on any atom is -0.478 e. The van der Waals surface area contributed by atoms with Crippen molar-refractivity contribution in [3.8, 4) is 22.5 Å². The van der Waals surface area contributed by atoms with E-state index in [1.807, 2.05) is 19.1 Å². The topological polar surface area (TPSA) is 106 Å². The largest absolute Gasteiger partial charge is 0.478 e. The molecule has 1 aliphatic rings. The van der Waals surface area contributed by atoms with Crippen LogP contribution < -0.4 is 0 Å². The first-order chi connectivity index (χ1) is 18.2. The van der Waals surface area contributed by atoms with Crippen molar-refractivity contribution >= 4 is 17.7 Å². The average molecular weight is 523 g/mol. The fourth-order valence-corrected chi connectivity index (χ4v) is 4.58. The van der Waals surface area contributed by atoms with Crippen molar-refractivity contribution in [2.75, 3.05) is 26.8 Å². The molecule has 1 saturated heterocycles. The molecule has 1 atom stereocenters. The predicted molar refractivity (Wildman–Crippen MR) is 133 cm³/mol. The summed E-state index contributed by atoms with van der Waals surface area (Å²) in [7, 11) is 1.31. The lowest BCUT2D eigenvalue weighted by molar-refractivity contribution is -0.0241. The number of aryl methyl sites for hydroxylation is 1. The third kappa shape index (κ3) is 4.80. The molecule has 38 heavy (non-hydrogen) atoms. The second-order valence-electron chi connectivity index (χ2n) is 9.00. The van der Waals surface area contributed by atoms with Crippen molar-refractivity contribution in [1.29, 1.82) is 0 Å². The van der Waals surface area contributed by atoms with Crippen LogP contribution in [0.2, 0.25) is 0 Å². The van der Waals surface area contributed by atoms with Crippen molar-refractivity contribution in [1.82, 2.24) is 19.3 Å². The highest BCUT2D eigenvalue weighted by atomic mass is 19.1. The van der Waals surface area contributed by atoms with E-state index in [4.69, 9.17) is 14.6 Å². The molecule has 0 saturated carbocycles. The van der Waals surface area contributed by atoms with Crippen molar-refractivity contribution in [2.45, 2.75) is 19.4 Å². The number of amides is 1. The van der Waals surface area contributed by atoms with E-state index < -0.39 is 29.8 Å². The van der Waals surface area contributed by atoms with E-state index in [-0.39, 0.29) is 41.0 Å². The first kappa shape index (κ1) is 25.3. The number of pyridine rings is 2. The Morgan fingerprint density at radius 1 is 1.18 bits per heavy atom. The van der Waals surface area contributed by atoms with E-state index in [9.17, 15) is 9.59 Å². The van der Waals surface area contributed by atoms with Crippen LogP contribution in [-0.2, 0) is 15.9 Å². The number of morpholine rings is 1. The lowest BCUT2D eigenvalue weighted by atomic mass is 10.0. The molecule has 0 aliphatic carbocycles. The molecule has 11 heteroatoms. The van der Waals surface area contributed by atoms with Gasteiger partial charge in [0.05, 0.1) is 54.6 Å². The third-order valence-electron chi connectivity index (χ3n) is 6.46. The summed E-state index contributed by atoms with van der Waals surface area (Å²) in [5.74, 6) is -2.83. The third-order valence-corrected chi connectivity index (χ3v) is 6.46. The molecular weight excluding hydrogens is 498 g/mol. The normalized spacial score (nSPS) is 15.6. The highest BCUT2D eigenvalue weighted by molar-refractivity contribution is 5.87. The lowest BCUT2D eigenvalue weighted by Gasteiger charge is -2.32. The van der Waals surface area contributed by atoms with Gasteiger partial charge in [-0.1, -0.05) is 0 Å². The van der Waals surface area contributed by atoms with Gasteiger partial charge in [-0.15, -0.1) is 0 Å². The van der Waals surface area contributed by atoms with Crippen molar-refractivity contribution in [3.63, 3.8) is 0 Å². The molecule has 1 N–H and O–H groups in total. The molecule has 4 heterocycles. The zero-order chi connectivity index (χ0) is 27.0. The summed E-state index contributed by atoms with van der Waals surface area (Å²) in [5, 5.41) is 9.07. The van der Waals surface area contributed by atoms with E-state index in [1.54, 1.807) is 10.6 Å². The molecule has 196 valence electrons. The molecule has 5 rings (SSSR count). The zero-order valence-corrected chi connectivity index (χ0v) is 20.6. The number of imidazole rings is 1. The molecule has 1 amide bonds. The number of halogens is 2. The van der Waals surface area contributed by atoms with Crippen LogP contribution in [0.3, 0.4) is 0 Å². The Balaban J connectivity index is 1.56. The molecular formula is C27H24F2N4O5. The number of aromatic carboxylic acids is 1. The molecule has 1 aromatic carbocycles. The van der Waals surface area contributed by atoms with Crippen LogP contribution in [0, 0.1) is 18.6 Å². The van der Waals surface area contributed by atoms with Gasteiger partial charge in [-0.3, -0.25) is 4.98 Å². The second kappa shape index (κ2) is 10.2. The van der Waals surface area contributed by atoms with Crippen LogP contribution in [0.1, 0.15) is 21.6 Å². The van der Waals surface area contributed by atoms with Crippen LogP contribution in [0.15, 0.2) is 48.8 Å². The van der Waals surface area contributed by atoms with Gasteiger partial charge < -0.3 is 23.9 Å². The minimum absolute atomic E-state index is 0.0355. The number of rotatable bonds is 5. The number of methoxy groups -OCH3 is 1. The van der Waals surface area contributed by atoms with Crippen LogP contribution in [0.4, 0.5) is 13.6 Å². The van der Waals surface area contributed by atoms with E-state index in [0.717, 1.165) is 23.9 Å². The van der Waals surface area contributed by atoms with Crippen LogP contribution in [-0.4, -0.2) is 69.3 Å². The Morgan fingerprint density at radius 3 is 2.61 bits per heavy atom. The molecule has 0 bridgehead atoms. The number of hydrogen-bond donors (Lipinski definition) is 1. The van der Waals surface area contributed by atoms with Gasteiger partial charge in [0.2, 0.25) is 0 Å². The van der Waals surface area contributed by atoms with E-state index >= 15 is 8.78 Å². The van der Waals surface area contributed by atoms with Gasteiger partial charge in [-0.25, -0.2) is 23.4 Å². The Morgan fingerprint density at radius 2 is 1.95 bits per heavy atom. The van der Waals surface area contributed by atoms with E-state index in [2.05, 4.69) is 9.97 Å². The van der Waals surface area contributed by atoms with E-state index in [1.165, 1.54) is 24.1 Å². The van der Waals surface area contributed by atoms with Crippen LogP contribution >= 0.6 is 0 Å². The fourth-order valence-electron chi connectivity index (χ4n) is 4.58. The number of ether oxygens (including phenoxy) is 2. The maximum atomic E-state index is 15.6. The smallest absolute Gasteiger partial charge is 0.409 e. The number of carbonyl (C=O) groups excluding carboxylic acids is 1. The molecule has 0 unspecified atom stereocenters. The summed E-state index contributed by atoms with van der Waals surface area (Å²) in [6.45, 7) is 2.84. The summed E-state index contributed by atoms with van der Waals surface area (Å²) < 4.78 is 43.6. The number of nitrogens with zero attached hydrogens (tertiary/aromatic N) is 4. The van der Waals surface area contributed by atoms with Gasteiger partial charge in [0.15, 0.2) is 0 Å². The van der Waals surface area contributed by atoms with Crippen molar-refractivity contribution < 1.29 is 33.0 Å². The molecule has 0 radical (unpaired) electrons. The number of benzene rings is 1. The summed E-state index contributed by atoms with van der Waals surface area (Å²) in [6, 6.07) is 8.69. The summed E-state index contributed by atoms with van der Waals surface area (Å²) in [6.07, 6.45) is 2.25. The maximum absolute atomic E-state index is 15.6. The summed E-state index contributed by atoms with van der Waals surface area (Å²) >= 11 is 0. The number of aromatic nitrogens is 3. The average Bonchev–Trinajstić information content (AvgIpc) is 3.24.